The fourth-order valence-electron chi connectivity index (χ4n) is 1.61. The highest BCUT2D eigenvalue weighted by atomic mass is 127. The maximum atomic E-state index is 13.0. The highest BCUT2D eigenvalue weighted by molar-refractivity contribution is 14.1. The quantitative estimate of drug-likeness (QED) is 0.554. The van der Waals surface area contributed by atoms with Crippen molar-refractivity contribution in [2.45, 2.75) is 6.43 Å². The molecule has 0 saturated carbocycles. The van der Waals surface area contributed by atoms with Crippen molar-refractivity contribution in [2.75, 3.05) is 11.1 Å². The van der Waals surface area contributed by atoms with Gasteiger partial charge in [-0.1, -0.05) is 11.6 Å². The number of nitrogens with two attached hydrogens (primary N) is 1. The molecule has 3 N–H and O–H groups in total. The Morgan fingerprint density at radius 2 is 1.79 bits per heavy atom. The average Bonchev–Trinajstić information content (AvgIpc) is 2.34. The van der Waals surface area contributed by atoms with Crippen LogP contribution >= 0.6 is 34.2 Å². The Morgan fingerprint density at radius 3 is 2.42 bits per heavy atom. The van der Waals surface area contributed by atoms with Gasteiger partial charge >= 0.3 is 0 Å². The van der Waals surface area contributed by atoms with E-state index in [4.69, 9.17) is 17.3 Å². The SMILES string of the molecule is Nc1ccc(Nc2ccc(Cl)cc2I)c(C(F)F)c1. The van der Waals surface area contributed by atoms with Gasteiger partial charge in [0.15, 0.2) is 0 Å². The first-order valence-corrected chi connectivity index (χ1v) is 6.82. The predicted octanol–water partition coefficient (Wildman–Crippen LogP) is 5.21. The summed E-state index contributed by atoms with van der Waals surface area (Å²) in [7, 11) is 0. The molecule has 0 bridgehead atoms. The van der Waals surface area contributed by atoms with Crippen LogP contribution in [0.15, 0.2) is 36.4 Å². The van der Waals surface area contributed by atoms with E-state index in [1.807, 2.05) is 0 Å². The van der Waals surface area contributed by atoms with Crippen molar-refractivity contribution < 1.29 is 8.78 Å². The van der Waals surface area contributed by atoms with E-state index in [1.54, 1.807) is 30.3 Å². The molecule has 0 fully saturated rings. The molecule has 2 aromatic carbocycles. The van der Waals surface area contributed by atoms with Crippen LogP contribution in [0.1, 0.15) is 12.0 Å². The Balaban J connectivity index is 2.38. The molecular formula is C13H10ClF2IN2. The van der Waals surface area contributed by atoms with Crippen molar-refractivity contribution >= 4 is 51.3 Å². The van der Waals surface area contributed by atoms with Gasteiger partial charge in [-0.15, -0.1) is 0 Å². The molecule has 6 heteroatoms. The zero-order chi connectivity index (χ0) is 14.0. The van der Waals surface area contributed by atoms with Crippen LogP contribution in [0.5, 0.6) is 0 Å². The molecule has 0 atom stereocenters. The van der Waals surface area contributed by atoms with E-state index >= 15 is 0 Å². The second-order valence-electron chi connectivity index (χ2n) is 3.90. The molecule has 0 spiro atoms. The molecule has 0 unspecified atom stereocenters. The lowest BCUT2D eigenvalue weighted by Gasteiger charge is -2.13. The Kier molecular flexibility index (Phi) is 4.46. The van der Waals surface area contributed by atoms with Gasteiger partial charge < -0.3 is 11.1 Å². The zero-order valence-electron chi connectivity index (χ0n) is 9.63. The number of hydrogen-bond acceptors (Lipinski definition) is 2. The highest BCUT2D eigenvalue weighted by Crippen LogP contribution is 2.33. The molecule has 0 aliphatic carbocycles. The summed E-state index contributed by atoms with van der Waals surface area (Å²) in [5.41, 5.74) is 6.78. The highest BCUT2D eigenvalue weighted by Gasteiger charge is 2.14. The van der Waals surface area contributed by atoms with E-state index in [1.165, 1.54) is 6.07 Å². The first kappa shape index (κ1) is 14.3. The molecule has 19 heavy (non-hydrogen) atoms. The van der Waals surface area contributed by atoms with Crippen LogP contribution in [-0.4, -0.2) is 0 Å². The second-order valence-corrected chi connectivity index (χ2v) is 5.50. The molecule has 0 aliphatic heterocycles. The van der Waals surface area contributed by atoms with Crippen molar-refractivity contribution in [2.24, 2.45) is 0 Å². The minimum atomic E-state index is -2.59. The van der Waals surface area contributed by atoms with Gasteiger partial charge in [-0.05, 0) is 59.0 Å². The lowest BCUT2D eigenvalue weighted by molar-refractivity contribution is 0.152. The molecule has 0 aliphatic rings. The molecule has 2 rings (SSSR count). The van der Waals surface area contributed by atoms with E-state index in [0.717, 1.165) is 9.26 Å². The molecule has 0 amide bonds. The van der Waals surface area contributed by atoms with E-state index in [-0.39, 0.29) is 5.56 Å². The van der Waals surface area contributed by atoms with Gasteiger partial charge in [-0.25, -0.2) is 8.78 Å². The number of hydrogen-bond donors (Lipinski definition) is 2. The minimum Gasteiger partial charge on any atom is -0.399 e. The maximum absolute atomic E-state index is 13.0. The Bertz CT molecular complexity index is 605. The standard InChI is InChI=1S/C13H10ClF2IN2/c14-7-1-3-12(10(17)5-7)19-11-4-2-8(18)6-9(11)13(15)16/h1-6,13,19H,18H2. The van der Waals surface area contributed by atoms with Crippen molar-refractivity contribution in [3.8, 4) is 0 Å². The molecular weight excluding hydrogens is 385 g/mol. The summed E-state index contributed by atoms with van der Waals surface area (Å²) >= 11 is 7.94. The number of rotatable bonds is 3. The summed E-state index contributed by atoms with van der Waals surface area (Å²) in [5.74, 6) is 0. The number of nitrogen functional groups attached to an aromatic ring is 1. The second kappa shape index (κ2) is 5.92. The van der Waals surface area contributed by atoms with Crippen molar-refractivity contribution in [1.82, 2.24) is 0 Å². The largest absolute Gasteiger partial charge is 0.399 e. The van der Waals surface area contributed by atoms with Crippen LogP contribution in [0.4, 0.5) is 25.8 Å². The molecule has 2 aromatic rings. The van der Waals surface area contributed by atoms with Gasteiger partial charge in [-0.3, -0.25) is 0 Å². The average molecular weight is 395 g/mol. The minimum absolute atomic E-state index is 0.120. The van der Waals surface area contributed by atoms with Crippen LogP contribution in [0.2, 0.25) is 5.02 Å². The van der Waals surface area contributed by atoms with Crippen LogP contribution in [-0.2, 0) is 0 Å². The van der Waals surface area contributed by atoms with Crippen LogP contribution in [0.3, 0.4) is 0 Å². The van der Waals surface area contributed by atoms with E-state index in [9.17, 15) is 8.78 Å². The van der Waals surface area contributed by atoms with Crippen molar-refractivity contribution in [3.63, 3.8) is 0 Å². The molecule has 2 nitrogen and oxygen atoms in total. The Hall–Kier alpha value is -1.08. The lowest BCUT2D eigenvalue weighted by Crippen LogP contribution is -1.99. The molecule has 0 radical (unpaired) electrons. The summed E-state index contributed by atoms with van der Waals surface area (Å²) in [5, 5.41) is 3.57. The third-order valence-corrected chi connectivity index (χ3v) is 3.64. The van der Waals surface area contributed by atoms with Gasteiger partial charge in [0.2, 0.25) is 0 Å². The van der Waals surface area contributed by atoms with Crippen LogP contribution < -0.4 is 11.1 Å². The molecule has 0 aromatic heterocycles. The van der Waals surface area contributed by atoms with E-state index in [0.29, 0.717) is 16.4 Å². The van der Waals surface area contributed by atoms with Gasteiger partial charge in [0, 0.05) is 25.5 Å². The fourth-order valence-corrected chi connectivity index (χ4v) is 2.62. The summed E-state index contributed by atoms with van der Waals surface area (Å²) in [6.07, 6.45) is -2.59. The maximum Gasteiger partial charge on any atom is 0.265 e. The summed E-state index contributed by atoms with van der Waals surface area (Å²) < 4.78 is 26.8. The molecule has 100 valence electrons. The zero-order valence-corrected chi connectivity index (χ0v) is 12.5. The Labute approximate surface area is 128 Å². The monoisotopic (exact) mass is 394 g/mol. The number of alkyl halides is 2. The predicted molar refractivity (Wildman–Crippen MR) is 83.3 cm³/mol. The third kappa shape index (κ3) is 3.48. The number of benzene rings is 2. The number of nitrogens with one attached hydrogen (secondary N) is 1. The first-order valence-electron chi connectivity index (χ1n) is 5.37. The van der Waals surface area contributed by atoms with Gasteiger partial charge in [0.1, 0.15) is 0 Å². The van der Waals surface area contributed by atoms with E-state index in [2.05, 4.69) is 27.9 Å². The summed E-state index contributed by atoms with van der Waals surface area (Å²) in [6, 6.07) is 9.60. The van der Waals surface area contributed by atoms with Crippen molar-refractivity contribution in [1.29, 1.82) is 0 Å². The van der Waals surface area contributed by atoms with Crippen LogP contribution in [0, 0.1) is 3.57 Å². The van der Waals surface area contributed by atoms with Crippen LogP contribution in [0.25, 0.3) is 0 Å². The topological polar surface area (TPSA) is 38.0 Å². The lowest BCUT2D eigenvalue weighted by atomic mass is 10.1. The molecule has 0 heterocycles. The fraction of sp³-hybridized carbons (Fsp3) is 0.0769. The normalized spacial score (nSPS) is 10.8. The Morgan fingerprint density at radius 1 is 1.11 bits per heavy atom. The van der Waals surface area contributed by atoms with Gasteiger partial charge in [-0.2, -0.15) is 0 Å². The van der Waals surface area contributed by atoms with Gasteiger partial charge in [0.05, 0.1) is 5.69 Å². The van der Waals surface area contributed by atoms with Gasteiger partial charge in [0.25, 0.3) is 6.43 Å². The smallest absolute Gasteiger partial charge is 0.265 e. The summed E-state index contributed by atoms with van der Waals surface area (Å²) in [6.45, 7) is 0. The molecule has 0 saturated heterocycles. The number of halogens is 4. The third-order valence-electron chi connectivity index (χ3n) is 2.51. The first-order chi connectivity index (χ1) is 8.97. The number of anilines is 3. The summed E-state index contributed by atoms with van der Waals surface area (Å²) in [4.78, 5) is 0. The van der Waals surface area contributed by atoms with E-state index < -0.39 is 6.43 Å². The van der Waals surface area contributed by atoms with Crippen molar-refractivity contribution in [3.05, 3.63) is 50.6 Å².